The van der Waals surface area contributed by atoms with Gasteiger partial charge in [0.15, 0.2) is 0 Å². The molecule has 0 bridgehead atoms. The topological polar surface area (TPSA) is 40.5 Å². The molecule has 0 aliphatic heterocycles. The largest absolute Gasteiger partial charge is 0.390 e. The number of aliphatic hydroxyl groups excluding tert-OH is 2. The Morgan fingerprint density at radius 2 is 2.00 bits per heavy atom. The summed E-state index contributed by atoms with van der Waals surface area (Å²) in [5, 5.41) is 19.0. The predicted molar refractivity (Wildman–Crippen MR) is 48.1 cm³/mol. The van der Waals surface area contributed by atoms with E-state index in [1.54, 1.807) is 24.3 Å². The van der Waals surface area contributed by atoms with Crippen LogP contribution >= 0.6 is 11.6 Å². The van der Waals surface area contributed by atoms with E-state index in [-0.39, 0.29) is 0 Å². The molecule has 0 saturated heterocycles. The lowest BCUT2D eigenvalue weighted by Gasteiger charge is -2.13. The van der Waals surface area contributed by atoms with Crippen molar-refractivity contribution in [3.63, 3.8) is 0 Å². The average molecular weight is 187 g/mol. The van der Waals surface area contributed by atoms with E-state index in [1.807, 2.05) is 0 Å². The highest BCUT2D eigenvalue weighted by Crippen LogP contribution is 2.19. The van der Waals surface area contributed by atoms with Crippen molar-refractivity contribution in [2.45, 2.75) is 19.1 Å². The number of aliphatic hydroxyl groups is 2. The van der Waals surface area contributed by atoms with Crippen molar-refractivity contribution in [3.05, 3.63) is 34.9 Å². The molecule has 0 aliphatic rings. The molecule has 1 rings (SSSR count). The molecule has 3 heteroatoms. The summed E-state index contributed by atoms with van der Waals surface area (Å²) in [5.74, 6) is 0. The number of rotatable bonds is 2. The Morgan fingerprint density at radius 1 is 1.33 bits per heavy atom. The van der Waals surface area contributed by atoms with Gasteiger partial charge in [-0.05, 0) is 24.6 Å². The first-order valence-electron chi connectivity index (χ1n) is 3.73. The Labute approximate surface area is 76.4 Å². The van der Waals surface area contributed by atoms with E-state index in [9.17, 15) is 5.11 Å². The highest BCUT2D eigenvalue weighted by molar-refractivity contribution is 6.30. The second-order valence-corrected chi connectivity index (χ2v) is 3.18. The van der Waals surface area contributed by atoms with Gasteiger partial charge in [-0.1, -0.05) is 23.7 Å². The molecule has 12 heavy (non-hydrogen) atoms. The molecule has 0 aliphatic carbocycles. The minimum absolute atomic E-state index is 0.562. The maximum atomic E-state index is 9.41. The van der Waals surface area contributed by atoms with Gasteiger partial charge in [0.25, 0.3) is 0 Å². The highest BCUT2D eigenvalue weighted by atomic mass is 35.5. The van der Waals surface area contributed by atoms with Crippen LogP contribution in [0.4, 0.5) is 0 Å². The van der Waals surface area contributed by atoms with Crippen molar-refractivity contribution in [1.29, 1.82) is 0 Å². The van der Waals surface area contributed by atoms with Crippen molar-refractivity contribution in [1.82, 2.24) is 0 Å². The fraction of sp³-hybridized carbons (Fsp3) is 0.333. The first-order valence-corrected chi connectivity index (χ1v) is 4.10. The molecular formula is C9H11ClO2. The summed E-state index contributed by atoms with van der Waals surface area (Å²) < 4.78 is 0. The van der Waals surface area contributed by atoms with E-state index in [1.165, 1.54) is 6.92 Å². The van der Waals surface area contributed by atoms with Gasteiger partial charge in [0.2, 0.25) is 0 Å². The quantitative estimate of drug-likeness (QED) is 0.739. The first kappa shape index (κ1) is 9.52. The van der Waals surface area contributed by atoms with Crippen molar-refractivity contribution in [2.75, 3.05) is 0 Å². The van der Waals surface area contributed by atoms with E-state index in [0.717, 1.165) is 0 Å². The average Bonchev–Trinajstić information content (AvgIpc) is 2.03. The van der Waals surface area contributed by atoms with Crippen molar-refractivity contribution in [3.8, 4) is 0 Å². The first-order chi connectivity index (χ1) is 5.61. The van der Waals surface area contributed by atoms with Crippen molar-refractivity contribution < 1.29 is 10.2 Å². The van der Waals surface area contributed by atoms with Crippen LogP contribution in [0.2, 0.25) is 5.02 Å². The zero-order valence-corrected chi connectivity index (χ0v) is 7.49. The molecule has 1 aromatic carbocycles. The summed E-state index contributed by atoms with van der Waals surface area (Å²) in [6.45, 7) is 1.53. The molecular weight excluding hydrogens is 176 g/mol. The van der Waals surface area contributed by atoms with E-state index < -0.39 is 12.2 Å². The predicted octanol–water partition coefficient (Wildman–Crippen LogP) is 1.75. The van der Waals surface area contributed by atoms with Gasteiger partial charge >= 0.3 is 0 Å². The molecule has 0 amide bonds. The Hall–Kier alpha value is -0.570. The Morgan fingerprint density at radius 3 is 2.50 bits per heavy atom. The molecule has 0 unspecified atom stereocenters. The van der Waals surface area contributed by atoms with Gasteiger partial charge in [0.1, 0.15) is 6.10 Å². The van der Waals surface area contributed by atoms with Crippen LogP contribution in [0.1, 0.15) is 18.6 Å². The Kier molecular flexibility index (Phi) is 3.09. The molecule has 0 saturated carbocycles. The summed E-state index contributed by atoms with van der Waals surface area (Å²) in [7, 11) is 0. The van der Waals surface area contributed by atoms with Gasteiger partial charge in [0, 0.05) is 5.02 Å². The van der Waals surface area contributed by atoms with Crippen LogP contribution in [0.3, 0.4) is 0 Å². The minimum atomic E-state index is -0.858. The zero-order chi connectivity index (χ0) is 9.14. The molecule has 0 fully saturated rings. The zero-order valence-electron chi connectivity index (χ0n) is 6.74. The lowest BCUT2D eigenvalue weighted by molar-refractivity contribution is 0.0305. The normalized spacial score (nSPS) is 15.7. The third-order valence-electron chi connectivity index (χ3n) is 1.65. The van der Waals surface area contributed by atoms with Gasteiger partial charge in [-0.25, -0.2) is 0 Å². The minimum Gasteiger partial charge on any atom is -0.390 e. The number of hydrogen-bond donors (Lipinski definition) is 2. The van der Waals surface area contributed by atoms with E-state index in [0.29, 0.717) is 10.6 Å². The van der Waals surface area contributed by atoms with Crippen LogP contribution in [-0.2, 0) is 0 Å². The van der Waals surface area contributed by atoms with Gasteiger partial charge < -0.3 is 10.2 Å². The molecule has 2 atom stereocenters. The summed E-state index contributed by atoms with van der Waals surface area (Å²) >= 11 is 5.70. The number of halogens is 1. The third-order valence-corrected chi connectivity index (χ3v) is 1.88. The highest BCUT2D eigenvalue weighted by Gasteiger charge is 2.12. The standard InChI is InChI=1S/C9H11ClO2/c1-6(11)9(12)7-3-2-4-8(10)5-7/h2-6,9,11-12H,1H3/t6-,9+/m0/s1. The van der Waals surface area contributed by atoms with Gasteiger partial charge in [-0.2, -0.15) is 0 Å². The molecule has 0 heterocycles. The molecule has 0 spiro atoms. The smallest absolute Gasteiger partial charge is 0.105 e. The second-order valence-electron chi connectivity index (χ2n) is 2.74. The fourth-order valence-electron chi connectivity index (χ4n) is 0.969. The molecule has 2 nitrogen and oxygen atoms in total. The van der Waals surface area contributed by atoms with Crippen LogP contribution in [0.5, 0.6) is 0 Å². The monoisotopic (exact) mass is 186 g/mol. The fourth-order valence-corrected chi connectivity index (χ4v) is 1.17. The number of hydrogen-bond acceptors (Lipinski definition) is 2. The lowest BCUT2D eigenvalue weighted by Crippen LogP contribution is -2.13. The third kappa shape index (κ3) is 2.21. The van der Waals surface area contributed by atoms with Crippen LogP contribution in [0.15, 0.2) is 24.3 Å². The van der Waals surface area contributed by atoms with Crippen LogP contribution < -0.4 is 0 Å². The van der Waals surface area contributed by atoms with Gasteiger partial charge in [-0.3, -0.25) is 0 Å². The molecule has 66 valence electrons. The van der Waals surface area contributed by atoms with Crippen LogP contribution in [0, 0.1) is 0 Å². The summed E-state index contributed by atoms with van der Waals surface area (Å²) in [6, 6.07) is 6.82. The van der Waals surface area contributed by atoms with E-state index in [2.05, 4.69) is 0 Å². The van der Waals surface area contributed by atoms with Crippen molar-refractivity contribution in [2.24, 2.45) is 0 Å². The van der Waals surface area contributed by atoms with E-state index in [4.69, 9.17) is 16.7 Å². The summed E-state index contributed by atoms with van der Waals surface area (Å²) in [6.07, 6.45) is -1.63. The molecule has 1 aromatic rings. The lowest BCUT2D eigenvalue weighted by atomic mass is 10.1. The Balaban J connectivity index is 2.88. The van der Waals surface area contributed by atoms with Gasteiger partial charge in [-0.15, -0.1) is 0 Å². The van der Waals surface area contributed by atoms with Gasteiger partial charge in [0.05, 0.1) is 6.10 Å². The van der Waals surface area contributed by atoms with Crippen LogP contribution in [0.25, 0.3) is 0 Å². The Bertz CT molecular complexity index is 260. The van der Waals surface area contributed by atoms with E-state index >= 15 is 0 Å². The summed E-state index contributed by atoms with van der Waals surface area (Å²) in [4.78, 5) is 0. The second kappa shape index (κ2) is 3.90. The maximum absolute atomic E-state index is 9.41. The molecule has 0 radical (unpaired) electrons. The SMILES string of the molecule is C[C@H](O)[C@@H](O)c1cccc(Cl)c1. The maximum Gasteiger partial charge on any atom is 0.105 e. The van der Waals surface area contributed by atoms with Crippen LogP contribution in [-0.4, -0.2) is 16.3 Å². The molecule has 0 aromatic heterocycles. The molecule has 2 N–H and O–H groups in total. The van der Waals surface area contributed by atoms with Crippen molar-refractivity contribution >= 4 is 11.6 Å². The number of benzene rings is 1. The summed E-state index contributed by atoms with van der Waals surface area (Å²) in [5.41, 5.74) is 0.637.